The maximum Gasteiger partial charge on any atom is 0.136 e. The fourth-order valence-corrected chi connectivity index (χ4v) is 3.17. The Bertz CT molecular complexity index is 448. The van der Waals surface area contributed by atoms with Crippen molar-refractivity contribution < 1.29 is 0 Å². The van der Waals surface area contributed by atoms with Gasteiger partial charge in [-0.05, 0) is 39.3 Å². The number of nitrogens with one attached hydrogen (secondary N) is 1. The predicted molar refractivity (Wildman–Crippen MR) is 89.1 cm³/mol. The topological polar surface area (TPSA) is 44.3 Å². The van der Waals surface area contributed by atoms with Gasteiger partial charge in [0.05, 0.1) is 0 Å². The maximum atomic E-state index is 4.50. The molecule has 5 heteroatoms. The van der Waals surface area contributed by atoms with Crippen LogP contribution in [0.25, 0.3) is 0 Å². The number of likely N-dealkylation sites (N-methyl/N-ethyl adjacent to an activating group) is 2. The first-order valence-corrected chi connectivity index (χ1v) is 8.18. The molecule has 21 heavy (non-hydrogen) atoms. The van der Waals surface area contributed by atoms with Gasteiger partial charge in [-0.1, -0.05) is 13.8 Å². The van der Waals surface area contributed by atoms with Crippen LogP contribution in [0.15, 0.2) is 6.33 Å². The highest BCUT2D eigenvalue weighted by Crippen LogP contribution is 2.24. The van der Waals surface area contributed by atoms with Crippen molar-refractivity contribution in [2.75, 3.05) is 43.4 Å². The molecule has 1 fully saturated rings. The van der Waals surface area contributed by atoms with E-state index in [1.165, 1.54) is 19.4 Å². The third-order valence-corrected chi connectivity index (χ3v) is 4.35. The van der Waals surface area contributed by atoms with E-state index in [2.05, 4.69) is 52.9 Å². The lowest BCUT2D eigenvalue weighted by molar-refractivity contribution is 0.270. The third kappa shape index (κ3) is 3.84. The molecule has 2 heterocycles. The first kappa shape index (κ1) is 16.0. The standard InChI is InChI=1S/C16H29N5/c1-5-9-17-15-13(3)16(19-12-18-15)20(4)11-14-8-7-10-21(14)6-2/h12,14H,5-11H2,1-4H3,(H,17,18,19). The lowest BCUT2D eigenvalue weighted by atomic mass is 10.2. The number of aromatic nitrogens is 2. The van der Waals surface area contributed by atoms with E-state index in [1.807, 2.05) is 0 Å². The largest absolute Gasteiger partial charge is 0.370 e. The Morgan fingerprint density at radius 3 is 2.90 bits per heavy atom. The Labute approximate surface area is 128 Å². The molecule has 118 valence electrons. The van der Waals surface area contributed by atoms with E-state index in [9.17, 15) is 0 Å². The van der Waals surface area contributed by atoms with Gasteiger partial charge in [0, 0.05) is 31.7 Å². The molecule has 1 aliphatic rings. The molecule has 2 rings (SSSR count). The van der Waals surface area contributed by atoms with Crippen molar-refractivity contribution in [3.05, 3.63) is 11.9 Å². The molecule has 5 nitrogen and oxygen atoms in total. The maximum absolute atomic E-state index is 4.50. The van der Waals surface area contributed by atoms with Gasteiger partial charge < -0.3 is 10.2 Å². The van der Waals surface area contributed by atoms with Crippen molar-refractivity contribution >= 4 is 11.6 Å². The molecule has 0 amide bonds. The van der Waals surface area contributed by atoms with E-state index in [0.29, 0.717) is 6.04 Å². The summed E-state index contributed by atoms with van der Waals surface area (Å²) in [4.78, 5) is 13.7. The van der Waals surface area contributed by atoms with Crippen LogP contribution in [0.4, 0.5) is 11.6 Å². The van der Waals surface area contributed by atoms with E-state index in [-0.39, 0.29) is 0 Å². The number of likely N-dealkylation sites (tertiary alicyclic amines) is 1. The first-order chi connectivity index (χ1) is 10.2. The molecule has 0 aromatic carbocycles. The van der Waals surface area contributed by atoms with Crippen molar-refractivity contribution in [1.29, 1.82) is 0 Å². The van der Waals surface area contributed by atoms with Crippen LogP contribution in [0.3, 0.4) is 0 Å². The summed E-state index contributed by atoms with van der Waals surface area (Å²) in [5, 5.41) is 3.38. The van der Waals surface area contributed by atoms with Gasteiger partial charge in [-0.25, -0.2) is 9.97 Å². The summed E-state index contributed by atoms with van der Waals surface area (Å²) in [6.45, 7) is 10.9. The summed E-state index contributed by atoms with van der Waals surface area (Å²) in [5.41, 5.74) is 1.15. The van der Waals surface area contributed by atoms with Crippen LogP contribution in [0.2, 0.25) is 0 Å². The van der Waals surface area contributed by atoms with Crippen molar-refractivity contribution in [1.82, 2.24) is 14.9 Å². The summed E-state index contributed by atoms with van der Waals surface area (Å²) in [5.74, 6) is 2.01. The van der Waals surface area contributed by atoms with Crippen molar-refractivity contribution in [2.45, 2.75) is 46.1 Å². The van der Waals surface area contributed by atoms with Crippen molar-refractivity contribution in [3.63, 3.8) is 0 Å². The fraction of sp³-hybridized carbons (Fsp3) is 0.750. The molecule has 0 saturated carbocycles. The molecular formula is C16H29N5. The molecule has 1 N–H and O–H groups in total. The molecule has 0 spiro atoms. The van der Waals surface area contributed by atoms with Gasteiger partial charge in [0.1, 0.15) is 18.0 Å². The normalized spacial score (nSPS) is 19.0. The summed E-state index contributed by atoms with van der Waals surface area (Å²) >= 11 is 0. The van der Waals surface area contributed by atoms with Crippen LogP contribution in [0, 0.1) is 6.92 Å². The van der Waals surface area contributed by atoms with Gasteiger partial charge >= 0.3 is 0 Å². The monoisotopic (exact) mass is 291 g/mol. The Kier molecular flexibility index (Phi) is 5.79. The first-order valence-electron chi connectivity index (χ1n) is 8.18. The van der Waals surface area contributed by atoms with Gasteiger partial charge in [-0.15, -0.1) is 0 Å². The minimum absolute atomic E-state index is 0.654. The molecule has 1 saturated heterocycles. The van der Waals surface area contributed by atoms with Gasteiger partial charge in [0.25, 0.3) is 0 Å². The fourth-order valence-electron chi connectivity index (χ4n) is 3.17. The summed E-state index contributed by atoms with van der Waals surface area (Å²) in [6.07, 6.45) is 5.38. The average Bonchev–Trinajstić information content (AvgIpc) is 2.93. The van der Waals surface area contributed by atoms with Gasteiger partial charge in [-0.3, -0.25) is 4.90 Å². The zero-order valence-electron chi connectivity index (χ0n) is 13.9. The highest BCUT2D eigenvalue weighted by molar-refractivity contribution is 5.57. The molecule has 1 aromatic heterocycles. The molecule has 0 radical (unpaired) electrons. The minimum Gasteiger partial charge on any atom is -0.370 e. The lowest BCUT2D eigenvalue weighted by Gasteiger charge is -2.29. The Morgan fingerprint density at radius 1 is 1.38 bits per heavy atom. The quantitative estimate of drug-likeness (QED) is 0.836. The zero-order chi connectivity index (χ0) is 15.2. The second-order valence-corrected chi connectivity index (χ2v) is 5.90. The summed E-state index contributed by atoms with van der Waals surface area (Å²) in [6, 6.07) is 0.654. The van der Waals surface area contributed by atoms with E-state index in [1.54, 1.807) is 6.33 Å². The second kappa shape index (κ2) is 7.59. The van der Waals surface area contributed by atoms with Crippen LogP contribution in [0.5, 0.6) is 0 Å². The van der Waals surface area contributed by atoms with Gasteiger partial charge in [-0.2, -0.15) is 0 Å². The van der Waals surface area contributed by atoms with E-state index in [0.717, 1.165) is 43.3 Å². The summed E-state index contributed by atoms with van der Waals surface area (Å²) < 4.78 is 0. The van der Waals surface area contributed by atoms with Crippen LogP contribution in [-0.4, -0.2) is 54.1 Å². The lowest BCUT2D eigenvalue weighted by Crippen LogP contribution is -2.39. The van der Waals surface area contributed by atoms with Gasteiger partial charge in [0.2, 0.25) is 0 Å². The molecule has 1 unspecified atom stereocenters. The zero-order valence-corrected chi connectivity index (χ0v) is 13.9. The molecular weight excluding hydrogens is 262 g/mol. The van der Waals surface area contributed by atoms with Crippen LogP contribution in [0.1, 0.15) is 38.7 Å². The van der Waals surface area contributed by atoms with E-state index in [4.69, 9.17) is 0 Å². The summed E-state index contributed by atoms with van der Waals surface area (Å²) in [7, 11) is 2.14. The van der Waals surface area contributed by atoms with Crippen molar-refractivity contribution in [3.8, 4) is 0 Å². The Balaban J connectivity index is 2.06. The number of anilines is 2. The van der Waals surface area contributed by atoms with Crippen molar-refractivity contribution in [2.24, 2.45) is 0 Å². The number of hydrogen-bond donors (Lipinski definition) is 1. The predicted octanol–water partition coefficient (Wildman–Crippen LogP) is 2.53. The SMILES string of the molecule is CCCNc1ncnc(N(C)CC2CCCN2CC)c1C. The van der Waals surface area contributed by atoms with Crippen LogP contribution in [-0.2, 0) is 0 Å². The van der Waals surface area contributed by atoms with Gasteiger partial charge in [0.15, 0.2) is 0 Å². The Morgan fingerprint density at radius 2 is 2.19 bits per heavy atom. The second-order valence-electron chi connectivity index (χ2n) is 5.90. The van der Waals surface area contributed by atoms with E-state index >= 15 is 0 Å². The molecule has 0 aliphatic carbocycles. The highest BCUT2D eigenvalue weighted by Gasteiger charge is 2.25. The average molecular weight is 291 g/mol. The molecule has 1 aliphatic heterocycles. The molecule has 0 bridgehead atoms. The smallest absolute Gasteiger partial charge is 0.136 e. The Hall–Kier alpha value is -1.36. The number of nitrogens with zero attached hydrogens (tertiary/aromatic N) is 4. The molecule has 1 aromatic rings. The number of rotatable bonds is 7. The van der Waals surface area contributed by atoms with Crippen LogP contribution >= 0.6 is 0 Å². The number of hydrogen-bond acceptors (Lipinski definition) is 5. The van der Waals surface area contributed by atoms with E-state index < -0.39 is 0 Å². The third-order valence-electron chi connectivity index (χ3n) is 4.35. The molecule has 1 atom stereocenters. The van der Waals surface area contributed by atoms with Crippen LogP contribution < -0.4 is 10.2 Å². The minimum atomic E-state index is 0.654. The highest BCUT2D eigenvalue weighted by atomic mass is 15.2.